The van der Waals surface area contributed by atoms with Crippen LogP contribution in [0, 0.1) is 45.3 Å². The maximum atomic E-state index is 11.8. The second-order valence-electron chi connectivity index (χ2n) is 53.5. The van der Waals surface area contributed by atoms with E-state index in [9.17, 15) is 8.42 Å². The molecule has 2 atom stereocenters. The maximum absolute atomic E-state index is 11.8. The number of piperidine rings is 1. The van der Waals surface area contributed by atoms with Crippen LogP contribution in [0.15, 0.2) is 133 Å². The molecule has 3 aromatic carbocycles. The molecular formula is C128H237N9O9S. The van der Waals surface area contributed by atoms with Gasteiger partial charge >= 0.3 is 0 Å². The zero-order chi connectivity index (χ0) is 114. The molecular weight excluding hydrogens is 1840 g/mol. The summed E-state index contributed by atoms with van der Waals surface area (Å²) in [6.07, 6.45) is 22.0. The van der Waals surface area contributed by atoms with Crippen molar-refractivity contribution < 1.29 is 41.6 Å². The predicted octanol–water partition coefficient (Wildman–Crippen LogP) is 33.0. The van der Waals surface area contributed by atoms with Crippen LogP contribution in [0.25, 0.3) is 0 Å². The standard InChI is InChI=1S/3C16H28N2O.2C16H25NO.C14H29NO.C14H22O3S.4C4H10.2C2H6/c2*1-12(11-18-16(5,6)7)19-14-10-13(8-9-17-14)15(2,3)4;1-15(2,3)14-9-8-13(12-17-14)19-11-7-10-18-16(4,5)6;2*1-16(2,3)8-7-12-5-4-6-14(9-12)18-15-10-13(17)11-15;1-5-12-16-13-6-9-15(10-7-13)11-8-14(2,3)4;1-5-10-18(15,16)13-8-6-12(7-9-13)17-11-14(2,3)4;4*1-4(2)3;2*1-2/h2*8-10,12,18H,11H2,1-7H3;8-9,12,18H,7,10-11H2,1-6H3;2*4-6,9,13,15H,7-8,10-11,17H2,1-3H3;13H,5-12H2,1-4H3;6-9H,5,10-11H2,1-4H3;4*4H,1-3H3;2*1-2H3/t2*12-;;;;;;;;;;;/m10.........../s1. The third kappa shape index (κ3) is 88.7. The van der Waals surface area contributed by atoms with Gasteiger partial charge in [-0.2, -0.15) is 0 Å². The van der Waals surface area contributed by atoms with E-state index >= 15 is 0 Å². The fourth-order valence-corrected chi connectivity index (χ4v) is 14.1. The molecule has 0 radical (unpaired) electrons. The van der Waals surface area contributed by atoms with Crippen LogP contribution in [0.2, 0.25) is 0 Å². The highest BCUT2D eigenvalue weighted by atomic mass is 32.2. The molecule has 3 fully saturated rings. The van der Waals surface area contributed by atoms with E-state index in [1.165, 1.54) is 74.0 Å². The zero-order valence-electron chi connectivity index (χ0n) is 105. The lowest BCUT2D eigenvalue weighted by Crippen LogP contribution is -2.43. The first-order valence-corrected chi connectivity index (χ1v) is 58.4. The molecule has 1 aliphatic heterocycles. The number of pyridine rings is 3. The molecule has 854 valence electrons. The minimum absolute atomic E-state index is 0.0902. The summed E-state index contributed by atoms with van der Waals surface area (Å²) in [7, 11) is -3.13. The highest BCUT2D eigenvalue weighted by Gasteiger charge is 2.30. The van der Waals surface area contributed by atoms with E-state index in [-0.39, 0.29) is 56.2 Å². The third-order valence-electron chi connectivity index (χ3n) is 21.0. The number of sulfone groups is 1. The summed E-state index contributed by atoms with van der Waals surface area (Å²) >= 11 is 0. The molecule has 147 heavy (non-hydrogen) atoms. The number of aryl methyl sites for hydroxylation is 2. The first kappa shape index (κ1) is 147. The molecule has 4 heterocycles. The Balaban J connectivity index is -0.000000786. The van der Waals surface area contributed by atoms with E-state index < -0.39 is 9.84 Å². The Morgan fingerprint density at radius 2 is 0.782 bits per heavy atom. The SMILES string of the molecule is CC.CC.CC(C)(C)CCc1cccc(OC2CC(N)C2)c1.CC(C)(C)CCc1cccc(OC2CC(N)C2)c1.CC(C)(C)NCCCOc1ccc(C(C)(C)C)nc1.CC(C)C.CC(C)C.CC(C)C.CC(C)C.CCCOC1CCN(CCC(C)(C)C)CC1.CCCS(=O)(=O)c1ccc(OCC(C)(C)C)cc1.C[C@@H](CNC(C)(C)C)Oc1cc(C(C)(C)C)ccn1.C[C@H](CNC(C)(C)C)Oc1cc(C(C)(C)C)ccn1. The molecule has 0 amide bonds. The number of aromatic nitrogens is 3. The number of benzene rings is 3. The Kier molecular flexibility index (Phi) is 74.5. The molecule has 0 unspecified atom stereocenters. The van der Waals surface area contributed by atoms with Gasteiger partial charge in [-0.15, -0.1) is 0 Å². The van der Waals surface area contributed by atoms with E-state index in [0.717, 1.165) is 131 Å². The zero-order valence-corrected chi connectivity index (χ0v) is 106. The maximum Gasteiger partial charge on any atom is 0.213 e. The van der Waals surface area contributed by atoms with Crippen molar-refractivity contribution >= 4 is 9.84 Å². The number of ether oxygens (including phenoxy) is 7. The number of nitrogens with two attached hydrogens (primary N) is 2. The van der Waals surface area contributed by atoms with Crippen molar-refractivity contribution in [3.63, 3.8) is 0 Å². The molecule has 1 saturated heterocycles. The summed E-state index contributed by atoms with van der Waals surface area (Å²) in [6, 6.07) is 36.6. The van der Waals surface area contributed by atoms with Crippen LogP contribution >= 0.6 is 0 Å². The van der Waals surface area contributed by atoms with Crippen LogP contribution in [0.4, 0.5) is 0 Å². The lowest BCUT2D eigenvalue weighted by Gasteiger charge is -2.33. The fraction of sp³-hybridized carbons (Fsp3) is 0.742. The number of nitrogens with one attached hydrogen (secondary N) is 3. The summed E-state index contributed by atoms with van der Waals surface area (Å²) < 4.78 is 64.3. The quantitative estimate of drug-likeness (QED) is 0.0255. The van der Waals surface area contributed by atoms with Gasteiger partial charge in [0.2, 0.25) is 11.8 Å². The molecule has 0 bridgehead atoms. The molecule has 6 aromatic rings. The molecule has 3 aromatic heterocycles. The fourth-order valence-electron chi connectivity index (χ4n) is 12.8. The lowest BCUT2D eigenvalue weighted by molar-refractivity contribution is 0.00624. The van der Waals surface area contributed by atoms with Crippen LogP contribution in [0.3, 0.4) is 0 Å². The topological polar surface area (TPSA) is 229 Å². The summed E-state index contributed by atoms with van der Waals surface area (Å²) in [5.74, 6) is 8.49. The summed E-state index contributed by atoms with van der Waals surface area (Å²) in [5, 5.41) is 10.3. The number of hydrogen-bond donors (Lipinski definition) is 5. The molecule has 7 N–H and O–H groups in total. The van der Waals surface area contributed by atoms with Crippen LogP contribution in [0.1, 0.15) is 451 Å². The molecule has 18 nitrogen and oxygen atoms in total. The number of hydrogen-bond acceptors (Lipinski definition) is 18. The van der Waals surface area contributed by atoms with Crippen molar-refractivity contribution in [3.05, 3.63) is 156 Å². The van der Waals surface area contributed by atoms with Gasteiger partial charge in [0.05, 0.1) is 36.2 Å². The second-order valence-corrected chi connectivity index (χ2v) is 55.7. The Labute approximate surface area is 910 Å². The molecule has 9 rings (SSSR count). The van der Waals surface area contributed by atoms with E-state index in [1.54, 1.807) is 24.3 Å². The molecule has 2 aliphatic carbocycles. The largest absolute Gasteiger partial charge is 0.493 e. The smallest absolute Gasteiger partial charge is 0.213 e. The van der Waals surface area contributed by atoms with Gasteiger partial charge < -0.3 is 65.5 Å². The Hall–Kier alpha value is -6.42. The van der Waals surface area contributed by atoms with E-state index in [0.29, 0.717) is 82.1 Å². The predicted molar refractivity (Wildman–Crippen MR) is 642 cm³/mol. The van der Waals surface area contributed by atoms with Gasteiger partial charge in [0.15, 0.2) is 9.84 Å². The molecule has 2 saturated carbocycles. The monoisotopic (exact) mass is 2080 g/mol. The minimum atomic E-state index is -3.13. The summed E-state index contributed by atoms with van der Waals surface area (Å²) in [5.41, 5.74) is 19.9. The van der Waals surface area contributed by atoms with Gasteiger partial charge in [-0.25, -0.2) is 18.4 Å². The number of nitrogens with zero attached hydrogens (tertiary/aromatic N) is 4. The van der Waals surface area contributed by atoms with Crippen LogP contribution in [-0.2, 0) is 43.7 Å². The van der Waals surface area contributed by atoms with Gasteiger partial charge in [-0.3, -0.25) is 4.98 Å². The summed E-state index contributed by atoms with van der Waals surface area (Å²) in [4.78, 5) is 16.0. The van der Waals surface area contributed by atoms with Gasteiger partial charge in [0.1, 0.15) is 47.4 Å². The molecule has 3 aliphatic rings. The van der Waals surface area contributed by atoms with Gasteiger partial charge in [0, 0.05) is 97.1 Å². The van der Waals surface area contributed by atoms with E-state index in [1.807, 2.05) is 102 Å². The van der Waals surface area contributed by atoms with E-state index in [4.69, 9.17) is 44.6 Å². The normalized spacial score (nSPS) is 15.9. The molecule has 0 spiro atoms. The number of likely N-dealkylation sites (tertiary alicyclic amines) is 1. The molecule has 19 heteroatoms. The minimum Gasteiger partial charge on any atom is -0.493 e. The van der Waals surface area contributed by atoms with Crippen molar-refractivity contribution in [2.24, 2.45) is 56.8 Å². The summed E-state index contributed by atoms with van der Waals surface area (Å²) in [6.45, 7) is 117. The average molecular weight is 2080 g/mol. The first-order chi connectivity index (χ1) is 67.4. The van der Waals surface area contributed by atoms with Gasteiger partial charge in [-0.1, -0.05) is 294 Å². The Morgan fingerprint density at radius 3 is 1.10 bits per heavy atom. The van der Waals surface area contributed by atoms with Crippen molar-refractivity contribution in [3.8, 4) is 34.8 Å². The van der Waals surface area contributed by atoms with Crippen molar-refractivity contribution in [2.45, 2.75) is 516 Å². The Bertz CT molecular complexity index is 4100. The Morgan fingerprint density at radius 1 is 0.408 bits per heavy atom. The van der Waals surface area contributed by atoms with E-state index in [2.05, 4.69) is 384 Å². The highest BCUT2D eigenvalue weighted by molar-refractivity contribution is 7.91. The first-order valence-electron chi connectivity index (χ1n) is 56.8. The van der Waals surface area contributed by atoms with Crippen molar-refractivity contribution in [1.82, 2.24) is 35.8 Å². The lowest BCUT2D eigenvalue weighted by atomic mass is 9.88. The van der Waals surface area contributed by atoms with Gasteiger partial charge in [0.25, 0.3) is 0 Å². The number of rotatable bonds is 31. The van der Waals surface area contributed by atoms with Crippen molar-refractivity contribution in [2.75, 3.05) is 64.8 Å². The van der Waals surface area contributed by atoms with Crippen LogP contribution < -0.4 is 55.8 Å². The van der Waals surface area contributed by atoms with Gasteiger partial charge in [-0.05, 0) is 330 Å². The second kappa shape index (κ2) is 74.6. The van der Waals surface area contributed by atoms with Crippen LogP contribution in [-0.4, -0.2) is 152 Å². The average Bonchev–Trinajstić information content (AvgIpc) is 0.793. The highest BCUT2D eigenvalue weighted by Crippen LogP contribution is 2.33. The van der Waals surface area contributed by atoms with Crippen LogP contribution in [0.5, 0.6) is 34.8 Å². The third-order valence-corrected chi connectivity index (χ3v) is 23.0. The van der Waals surface area contributed by atoms with Crippen molar-refractivity contribution in [1.29, 1.82) is 0 Å².